The van der Waals surface area contributed by atoms with E-state index >= 15 is 0 Å². The normalized spacial score (nSPS) is 16.0. The number of nitrogens with zero attached hydrogens (tertiary/aromatic N) is 3. The molecule has 0 bridgehead atoms. The van der Waals surface area contributed by atoms with Gasteiger partial charge in [0.1, 0.15) is 11.6 Å². The Morgan fingerprint density at radius 2 is 1.85 bits per heavy atom. The standard InChI is InChI=1S/C20H15ClN4O/c1-12-17-18(13-7-9-14(21)10-8-13)16(11-22)19(23)26-20(17)25(24-12)15-5-3-2-4-6-15/h2-10,18H,23H2,1H3/t18-/m1/s1. The first kappa shape index (κ1) is 16.2. The van der Waals surface area contributed by atoms with Crippen molar-refractivity contribution in [1.29, 1.82) is 5.26 Å². The zero-order valence-electron chi connectivity index (χ0n) is 14.0. The van der Waals surface area contributed by atoms with Gasteiger partial charge in [-0.3, -0.25) is 0 Å². The number of hydrogen-bond donors (Lipinski definition) is 1. The van der Waals surface area contributed by atoms with E-state index in [1.165, 1.54) is 0 Å². The molecule has 3 aromatic rings. The summed E-state index contributed by atoms with van der Waals surface area (Å²) in [6.45, 7) is 1.90. The molecule has 1 atom stereocenters. The van der Waals surface area contributed by atoms with Crippen LogP contribution in [-0.4, -0.2) is 9.78 Å². The number of aromatic nitrogens is 2. The smallest absolute Gasteiger partial charge is 0.229 e. The van der Waals surface area contributed by atoms with Crippen LogP contribution in [0.2, 0.25) is 5.02 Å². The molecule has 4 rings (SSSR count). The first-order chi connectivity index (χ1) is 12.6. The molecule has 0 amide bonds. The van der Waals surface area contributed by atoms with Crippen LogP contribution in [0.4, 0.5) is 0 Å². The van der Waals surface area contributed by atoms with Gasteiger partial charge in [0.2, 0.25) is 11.8 Å². The summed E-state index contributed by atoms with van der Waals surface area (Å²) in [6, 6.07) is 19.3. The fourth-order valence-electron chi connectivity index (χ4n) is 3.25. The number of halogens is 1. The third-order valence-corrected chi connectivity index (χ3v) is 4.69. The maximum atomic E-state index is 9.67. The lowest BCUT2D eigenvalue weighted by atomic mass is 9.84. The molecule has 1 aliphatic rings. The summed E-state index contributed by atoms with van der Waals surface area (Å²) in [5.74, 6) is 0.278. The Morgan fingerprint density at radius 3 is 2.50 bits per heavy atom. The number of rotatable bonds is 2. The molecule has 2 heterocycles. The molecule has 0 aliphatic carbocycles. The highest BCUT2D eigenvalue weighted by Gasteiger charge is 2.36. The minimum atomic E-state index is -0.349. The van der Waals surface area contributed by atoms with Crippen LogP contribution in [0.3, 0.4) is 0 Å². The molecule has 1 aromatic heterocycles. The third kappa shape index (κ3) is 2.52. The summed E-state index contributed by atoms with van der Waals surface area (Å²) in [5.41, 5.74) is 9.85. The molecule has 0 radical (unpaired) electrons. The number of benzene rings is 2. The molecule has 6 heteroatoms. The Balaban J connectivity index is 1.95. The van der Waals surface area contributed by atoms with Crippen LogP contribution < -0.4 is 10.5 Å². The quantitative estimate of drug-likeness (QED) is 0.746. The van der Waals surface area contributed by atoms with Gasteiger partial charge in [0.05, 0.1) is 22.9 Å². The molecule has 26 heavy (non-hydrogen) atoms. The number of nitrogens with two attached hydrogens (primary N) is 1. The van der Waals surface area contributed by atoms with Crippen LogP contribution in [0.25, 0.3) is 5.69 Å². The number of para-hydroxylation sites is 1. The Kier molecular flexibility index (Phi) is 3.90. The number of ether oxygens (including phenoxy) is 1. The summed E-state index contributed by atoms with van der Waals surface area (Å²) >= 11 is 6.02. The molecular weight excluding hydrogens is 348 g/mol. The van der Waals surface area contributed by atoms with Crippen LogP contribution >= 0.6 is 11.6 Å². The van der Waals surface area contributed by atoms with Crippen molar-refractivity contribution in [2.45, 2.75) is 12.8 Å². The predicted octanol–water partition coefficient (Wildman–Crippen LogP) is 4.05. The summed E-state index contributed by atoms with van der Waals surface area (Å²) in [4.78, 5) is 0. The van der Waals surface area contributed by atoms with Crippen molar-refractivity contribution in [3.8, 4) is 17.6 Å². The summed E-state index contributed by atoms with van der Waals surface area (Å²) < 4.78 is 7.54. The minimum absolute atomic E-state index is 0.0945. The molecule has 128 valence electrons. The van der Waals surface area contributed by atoms with Gasteiger partial charge in [0.25, 0.3) is 0 Å². The number of allylic oxidation sites excluding steroid dienone is 1. The van der Waals surface area contributed by atoms with Crippen molar-refractivity contribution >= 4 is 11.6 Å². The van der Waals surface area contributed by atoms with E-state index in [0.29, 0.717) is 16.5 Å². The van der Waals surface area contributed by atoms with E-state index in [1.54, 1.807) is 16.8 Å². The van der Waals surface area contributed by atoms with Gasteiger partial charge < -0.3 is 10.5 Å². The Bertz CT molecular complexity index is 1050. The highest BCUT2D eigenvalue weighted by Crippen LogP contribution is 2.44. The molecule has 0 spiro atoms. The first-order valence-corrected chi connectivity index (χ1v) is 8.46. The molecule has 2 aromatic carbocycles. The van der Waals surface area contributed by atoms with E-state index in [2.05, 4.69) is 11.2 Å². The van der Waals surface area contributed by atoms with Gasteiger partial charge in [-0.2, -0.15) is 10.4 Å². The molecule has 0 saturated carbocycles. The van der Waals surface area contributed by atoms with Crippen LogP contribution in [0.5, 0.6) is 5.88 Å². The monoisotopic (exact) mass is 362 g/mol. The van der Waals surface area contributed by atoms with Crippen molar-refractivity contribution in [1.82, 2.24) is 9.78 Å². The highest BCUT2D eigenvalue weighted by molar-refractivity contribution is 6.30. The fraction of sp³-hybridized carbons (Fsp3) is 0.100. The van der Waals surface area contributed by atoms with Crippen molar-refractivity contribution in [2.24, 2.45) is 5.73 Å². The van der Waals surface area contributed by atoms with E-state index in [0.717, 1.165) is 22.5 Å². The summed E-state index contributed by atoms with van der Waals surface area (Å²) in [5, 5.41) is 14.9. The van der Waals surface area contributed by atoms with Crippen LogP contribution in [0.15, 0.2) is 66.1 Å². The largest absolute Gasteiger partial charge is 0.422 e. The van der Waals surface area contributed by atoms with E-state index in [9.17, 15) is 5.26 Å². The van der Waals surface area contributed by atoms with Gasteiger partial charge in [-0.25, -0.2) is 4.68 Å². The zero-order valence-corrected chi connectivity index (χ0v) is 14.7. The van der Waals surface area contributed by atoms with E-state index in [-0.39, 0.29) is 11.8 Å². The van der Waals surface area contributed by atoms with Gasteiger partial charge in [0, 0.05) is 5.02 Å². The van der Waals surface area contributed by atoms with E-state index in [4.69, 9.17) is 22.1 Å². The maximum absolute atomic E-state index is 9.67. The van der Waals surface area contributed by atoms with Gasteiger partial charge in [0.15, 0.2) is 0 Å². The SMILES string of the molecule is Cc1nn(-c2ccccc2)c2c1[C@H](c1ccc(Cl)cc1)C(C#N)=C(N)O2. The van der Waals surface area contributed by atoms with E-state index in [1.807, 2.05) is 49.4 Å². The number of fused-ring (bicyclic) bond motifs is 1. The molecule has 5 nitrogen and oxygen atoms in total. The fourth-order valence-corrected chi connectivity index (χ4v) is 3.37. The van der Waals surface area contributed by atoms with Crippen LogP contribution in [0.1, 0.15) is 22.7 Å². The molecule has 0 fully saturated rings. The Hall–Kier alpha value is -3.23. The second kappa shape index (κ2) is 6.25. The van der Waals surface area contributed by atoms with Gasteiger partial charge in [-0.15, -0.1) is 0 Å². The van der Waals surface area contributed by atoms with Crippen molar-refractivity contribution in [3.05, 3.63) is 87.9 Å². The number of aryl methyl sites for hydroxylation is 1. The average molecular weight is 363 g/mol. The molecular formula is C20H15ClN4O. The predicted molar refractivity (Wildman–Crippen MR) is 99.1 cm³/mol. The molecule has 0 saturated heterocycles. The van der Waals surface area contributed by atoms with Gasteiger partial charge in [-0.05, 0) is 36.8 Å². The highest BCUT2D eigenvalue weighted by atomic mass is 35.5. The van der Waals surface area contributed by atoms with Crippen LogP contribution in [0, 0.1) is 18.3 Å². The second-order valence-electron chi connectivity index (χ2n) is 6.03. The summed E-state index contributed by atoms with van der Waals surface area (Å²) in [7, 11) is 0. The Labute approximate surface area is 155 Å². The molecule has 2 N–H and O–H groups in total. The lowest BCUT2D eigenvalue weighted by Crippen LogP contribution is -2.22. The minimum Gasteiger partial charge on any atom is -0.422 e. The zero-order chi connectivity index (χ0) is 18.3. The van der Waals surface area contributed by atoms with Crippen molar-refractivity contribution < 1.29 is 4.74 Å². The number of hydrogen-bond acceptors (Lipinski definition) is 4. The van der Waals surface area contributed by atoms with Crippen LogP contribution in [-0.2, 0) is 0 Å². The lowest BCUT2D eigenvalue weighted by molar-refractivity contribution is 0.367. The van der Waals surface area contributed by atoms with Crippen molar-refractivity contribution in [3.63, 3.8) is 0 Å². The lowest BCUT2D eigenvalue weighted by Gasteiger charge is -2.24. The third-order valence-electron chi connectivity index (χ3n) is 4.44. The van der Waals surface area contributed by atoms with Gasteiger partial charge in [-0.1, -0.05) is 41.9 Å². The maximum Gasteiger partial charge on any atom is 0.229 e. The van der Waals surface area contributed by atoms with Crippen molar-refractivity contribution in [2.75, 3.05) is 0 Å². The second-order valence-corrected chi connectivity index (χ2v) is 6.46. The Morgan fingerprint density at radius 1 is 1.15 bits per heavy atom. The van der Waals surface area contributed by atoms with Gasteiger partial charge >= 0.3 is 0 Å². The summed E-state index contributed by atoms with van der Waals surface area (Å²) in [6.07, 6.45) is 0. The molecule has 0 unspecified atom stereocenters. The van der Waals surface area contributed by atoms with E-state index < -0.39 is 0 Å². The topological polar surface area (TPSA) is 76.9 Å². The average Bonchev–Trinajstić information content (AvgIpc) is 2.98. The first-order valence-electron chi connectivity index (χ1n) is 8.08. The number of nitriles is 1. The molecule has 1 aliphatic heterocycles.